The van der Waals surface area contributed by atoms with Crippen LogP contribution < -0.4 is 5.73 Å². The molecule has 0 fully saturated rings. The topological polar surface area (TPSA) is 38.4 Å². The zero-order valence-electron chi connectivity index (χ0n) is 8.09. The molecule has 0 amide bonds. The molecule has 0 aliphatic rings. The molecule has 0 spiro atoms. The Morgan fingerprint density at radius 3 is 2.64 bits per heavy atom. The maximum atomic E-state index is 13.3. The molecule has 0 heterocycles. The lowest BCUT2D eigenvalue weighted by Gasteiger charge is -2.05. The third-order valence-electron chi connectivity index (χ3n) is 1.77. The number of nitrogens with two attached hydrogens (primary N) is 1. The van der Waals surface area contributed by atoms with Crippen molar-refractivity contribution in [2.45, 2.75) is 13.8 Å². The highest BCUT2D eigenvalue weighted by Crippen LogP contribution is 2.28. The first-order valence-electron chi connectivity index (χ1n) is 4.30. The standard InChI is InChI=1S/C10H12BrFN2/c1-6(2)10(13)14-9-7(11)4-3-5-8(9)12/h3-6H,1-2H3,(H2,13,14). The number of para-hydroxylation sites is 1. The van der Waals surface area contributed by atoms with Gasteiger partial charge in [0.2, 0.25) is 0 Å². The van der Waals surface area contributed by atoms with Crippen molar-refractivity contribution in [3.05, 3.63) is 28.5 Å². The molecule has 76 valence electrons. The monoisotopic (exact) mass is 258 g/mol. The summed E-state index contributed by atoms with van der Waals surface area (Å²) in [6, 6.07) is 4.71. The van der Waals surface area contributed by atoms with Gasteiger partial charge in [0.15, 0.2) is 0 Å². The normalized spacial score (nSPS) is 12.2. The van der Waals surface area contributed by atoms with Crippen LogP contribution in [-0.4, -0.2) is 5.84 Å². The average Bonchev–Trinajstić information content (AvgIpc) is 2.11. The minimum Gasteiger partial charge on any atom is -0.387 e. The van der Waals surface area contributed by atoms with Crippen LogP contribution in [0.2, 0.25) is 0 Å². The molecule has 2 nitrogen and oxygen atoms in total. The number of benzene rings is 1. The van der Waals surface area contributed by atoms with E-state index in [-0.39, 0.29) is 17.4 Å². The molecular weight excluding hydrogens is 247 g/mol. The van der Waals surface area contributed by atoms with Gasteiger partial charge in [-0.15, -0.1) is 0 Å². The Labute approximate surface area is 91.2 Å². The fraction of sp³-hybridized carbons (Fsp3) is 0.300. The van der Waals surface area contributed by atoms with Crippen LogP contribution >= 0.6 is 15.9 Å². The van der Waals surface area contributed by atoms with E-state index in [9.17, 15) is 4.39 Å². The highest BCUT2D eigenvalue weighted by atomic mass is 79.9. The molecule has 0 aliphatic heterocycles. The number of hydrogen-bond acceptors (Lipinski definition) is 1. The quantitative estimate of drug-likeness (QED) is 0.642. The Hall–Kier alpha value is -0.900. The third kappa shape index (κ3) is 2.54. The van der Waals surface area contributed by atoms with Crippen LogP contribution in [0.5, 0.6) is 0 Å². The second kappa shape index (κ2) is 4.55. The molecule has 14 heavy (non-hydrogen) atoms. The smallest absolute Gasteiger partial charge is 0.150 e. The molecule has 1 aromatic rings. The molecule has 1 aromatic carbocycles. The van der Waals surface area contributed by atoms with Crippen molar-refractivity contribution in [3.63, 3.8) is 0 Å². The molecule has 0 aromatic heterocycles. The van der Waals surface area contributed by atoms with Crippen LogP contribution in [-0.2, 0) is 0 Å². The third-order valence-corrected chi connectivity index (χ3v) is 2.41. The number of rotatable bonds is 2. The average molecular weight is 259 g/mol. The van der Waals surface area contributed by atoms with Gasteiger partial charge in [0.05, 0.1) is 0 Å². The lowest BCUT2D eigenvalue weighted by Crippen LogP contribution is -2.18. The van der Waals surface area contributed by atoms with Crippen molar-refractivity contribution in [2.24, 2.45) is 16.6 Å². The first-order valence-corrected chi connectivity index (χ1v) is 5.09. The summed E-state index contributed by atoms with van der Waals surface area (Å²) >= 11 is 3.22. The van der Waals surface area contributed by atoms with Crippen molar-refractivity contribution in [1.29, 1.82) is 0 Å². The Kier molecular flexibility index (Phi) is 3.63. The summed E-state index contributed by atoms with van der Waals surface area (Å²) in [5, 5.41) is 0. The molecular formula is C10H12BrFN2. The molecule has 0 atom stereocenters. The first-order chi connectivity index (χ1) is 6.52. The van der Waals surface area contributed by atoms with Gasteiger partial charge in [0, 0.05) is 10.4 Å². The van der Waals surface area contributed by atoms with Gasteiger partial charge in [-0.25, -0.2) is 9.38 Å². The van der Waals surface area contributed by atoms with Gasteiger partial charge in [-0.1, -0.05) is 19.9 Å². The van der Waals surface area contributed by atoms with Crippen molar-refractivity contribution in [1.82, 2.24) is 0 Å². The van der Waals surface area contributed by atoms with Gasteiger partial charge in [-0.3, -0.25) is 0 Å². The highest BCUT2D eigenvalue weighted by Gasteiger charge is 2.07. The van der Waals surface area contributed by atoms with E-state index in [2.05, 4.69) is 20.9 Å². The summed E-state index contributed by atoms with van der Waals surface area (Å²) in [4.78, 5) is 4.03. The van der Waals surface area contributed by atoms with Gasteiger partial charge in [-0.2, -0.15) is 0 Å². The highest BCUT2D eigenvalue weighted by molar-refractivity contribution is 9.10. The molecule has 0 saturated heterocycles. The minimum absolute atomic E-state index is 0.113. The molecule has 4 heteroatoms. The van der Waals surface area contributed by atoms with E-state index in [1.807, 2.05) is 13.8 Å². The van der Waals surface area contributed by atoms with Crippen molar-refractivity contribution >= 4 is 27.5 Å². The summed E-state index contributed by atoms with van der Waals surface area (Å²) in [5.41, 5.74) is 5.91. The summed E-state index contributed by atoms with van der Waals surface area (Å²) in [5.74, 6) is 0.167. The summed E-state index contributed by atoms with van der Waals surface area (Å²) in [6.45, 7) is 3.82. The maximum absolute atomic E-state index is 13.3. The van der Waals surface area contributed by atoms with Gasteiger partial charge in [0.1, 0.15) is 17.3 Å². The zero-order chi connectivity index (χ0) is 10.7. The summed E-state index contributed by atoms with van der Waals surface area (Å²) in [7, 11) is 0. The van der Waals surface area contributed by atoms with Crippen LogP contribution in [0.4, 0.5) is 10.1 Å². The second-order valence-corrected chi connectivity index (χ2v) is 4.12. The van der Waals surface area contributed by atoms with Crippen LogP contribution in [0.25, 0.3) is 0 Å². The predicted molar refractivity (Wildman–Crippen MR) is 60.2 cm³/mol. The maximum Gasteiger partial charge on any atom is 0.150 e. The Balaban J connectivity index is 3.14. The molecule has 0 bridgehead atoms. The van der Waals surface area contributed by atoms with Crippen molar-refractivity contribution < 1.29 is 4.39 Å². The van der Waals surface area contributed by atoms with E-state index in [1.54, 1.807) is 12.1 Å². The lowest BCUT2D eigenvalue weighted by atomic mass is 10.2. The zero-order valence-corrected chi connectivity index (χ0v) is 9.68. The van der Waals surface area contributed by atoms with Crippen LogP contribution in [0.3, 0.4) is 0 Å². The van der Waals surface area contributed by atoms with Gasteiger partial charge < -0.3 is 5.73 Å². The number of hydrogen-bond donors (Lipinski definition) is 1. The van der Waals surface area contributed by atoms with Crippen molar-refractivity contribution in [2.75, 3.05) is 0 Å². The molecule has 1 rings (SSSR count). The van der Waals surface area contributed by atoms with E-state index in [1.165, 1.54) is 6.07 Å². The Morgan fingerprint density at radius 2 is 2.14 bits per heavy atom. The molecule has 0 unspecified atom stereocenters. The van der Waals surface area contributed by atoms with Gasteiger partial charge in [-0.05, 0) is 28.1 Å². The summed E-state index contributed by atoms with van der Waals surface area (Å²) < 4.78 is 13.9. The predicted octanol–water partition coefficient (Wildman–Crippen LogP) is 3.23. The summed E-state index contributed by atoms with van der Waals surface area (Å²) in [6.07, 6.45) is 0. The van der Waals surface area contributed by atoms with E-state index in [0.717, 1.165) is 0 Å². The second-order valence-electron chi connectivity index (χ2n) is 3.26. The molecule has 0 saturated carbocycles. The molecule has 0 aliphatic carbocycles. The first kappa shape index (κ1) is 11.2. The number of amidine groups is 1. The largest absolute Gasteiger partial charge is 0.387 e. The van der Waals surface area contributed by atoms with Crippen LogP contribution in [0.1, 0.15) is 13.8 Å². The van der Waals surface area contributed by atoms with E-state index >= 15 is 0 Å². The van der Waals surface area contributed by atoms with Crippen LogP contribution in [0.15, 0.2) is 27.7 Å². The molecule has 0 radical (unpaired) electrons. The fourth-order valence-electron chi connectivity index (χ4n) is 0.854. The SMILES string of the molecule is CC(C)C(N)=Nc1c(F)cccc1Br. The minimum atomic E-state index is -0.372. The molecule has 2 N–H and O–H groups in total. The van der Waals surface area contributed by atoms with Gasteiger partial charge in [0.25, 0.3) is 0 Å². The van der Waals surface area contributed by atoms with E-state index < -0.39 is 0 Å². The number of halogens is 2. The lowest BCUT2D eigenvalue weighted by molar-refractivity contribution is 0.628. The number of nitrogens with zero attached hydrogens (tertiary/aromatic N) is 1. The van der Waals surface area contributed by atoms with Crippen LogP contribution in [0, 0.1) is 11.7 Å². The van der Waals surface area contributed by atoms with Gasteiger partial charge >= 0.3 is 0 Å². The van der Waals surface area contributed by atoms with E-state index in [4.69, 9.17) is 5.73 Å². The Morgan fingerprint density at radius 1 is 1.50 bits per heavy atom. The van der Waals surface area contributed by atoms with E-state index in [0.29, 0.717) is 10.3 Å². The van der Waals surface area contributed by atoms with Crippen molar-refractivity contribution in [3.8, 4) is 0 Å². The number of aliphatic imine (C=N–C) groups is 1. The fourth-order valence-corrected chi connectivity index (χ4v) is 1.28. The Bertz CT molecular complexity index is 341.